The van der Waals surface area contributed by atoms with Gasteiger partial charge in [-0.1, -0.05) is 243 Å². The highest BCUT2D eigenvalue weighted by molar-refractivity contribution is 6.29. The van der Waals surface area contributed by atoms with Crippen LogP contribution in [0, 0.1) is 0 Å². The van der Waals surface area contributed by atoms with E-state index in [0.29, 0.717) is 0 Å². The van der Waals surface area contributed by atoms with Gasteiger partial charge in [-0.3, -0.25) is 0 Å². The van der Waals surface area contributed by atoms with Crippen LogP contribution >= 0.6 is 0 Å². The van der Waals surface area contributed by atoms with Crippen LogP contribution in [0.3, 0.4) is 0 Å². The first-order chi connectivity index (χ1) is 53.6. The molecule has 0 atom stereocenters. The van der Waals surface area contributed by atoms with E-state index in [1.807, 2.05) is 0 Å². The molecule has 0 fully saturated rings. The summed E-state index contributed by atoms with van der Waals surface area (Å²) in [5, 5.41) is 14.7. The molecule has 108 heavy (non-hydrogen) atoms. The van der Waals surface area contributed by atoms with E-state index in [0.717, 1.165) is 101 Å². The summed E-state index contributed by atoms with van der Waals surface area (Å²) in [5.41, 5.74) is 29.9. The van der Waals surface area contributed by atoms with Gasteiger partial charge in [0.05, 0.1) is 66.2 Å². The summed E-state index contributed by atoms with van der Waals surface area (Å²) in [6.07, 6.45) is 0. The van der Waals surface area contributed by atoms with Crippen LogP contribution in [0.5, 0.6) is 0 Å². The van der Waals surface area contributed by atoms with Crippen molar-refractivity contribution in [1.29, 1.82) is 0 Å². The Morgan fingerprint density at radius 2 is 0.352 bits per heavy atom. The van der Waals surface area contributed by atoms with Crippen molar-refractivity contribution in [3.05, 3.63) is 388 Å². The highest BCUT2D eigenvalue weighted by atomic mass is 15.0. The van der Waals surface area contributed by atoms with Crippen molar-refractivity contribution in [3.63, 3.8) is 0 Å². The molecule has 23 rings (SSSR count). The maximum Gasteiger partial charge on any atom is 0.0641 e. The Balaban J connectivity index is 0.706. The van der Waals surface area contributed by atoms with Crippen molar-refractivity contribution in [2.75, 3.05) is 0 Å². The Morgan fingerprint density at radius 3 is 0.722 bits per heavy atom. The number of rotatable bonds is 10. The molecule has 0 aliphatic heterocycles. The van der Waals surface area contributed by atoms with Crippen molar-refractivity contribution in [2.45, 2.75) is 0 Å². The number of fused-ring (bicyclic) bond motifs is 21. The molecule has 0 spiro atoms. The smallest absolute Gasteiger partial charge is 0.0641 e. The molecule has 0 amide bonds. The molecule has 0 N–H and O–H groups in total. The number of hydrogen-bond acceptors (Lipinski definition) is 0. The number of para-hydroxylation sites is 9. The molecule has 0 unspecified atom stereocenters. The third kappa shape index (κ3) is 8.89. The minimum atomic E-state index is 1.08. The third-order valence-electron chi connectivity index (χ3n) is 22.9. The number of aromatic nitrogens is 6. The Labute approximate surface area is 621 Å². The first-order valence-corrected chi connectivity index (χ1v) is 37.2. The molecule has 6 aromatic heterocycles. The predicted molar refractivity (Wildman–Crippen MR) is 454 cm³/mol. The quantitative estimate of drug-likeness (QED) is 0.131. The molecule has 0 bridgehead atoms. The molecule has 6 heterocycles. The zero-order chi connectivity index (χ0) is 70.7. The first-order valence-electron chi connectivity index (χ1n) is 37.2. The molecule has 0 aliphatic carbocycles. The fourth-order valence-electron chi connectivity index (χ4n) is 18.4. The molecular formula is C102H64N6. The molecule has 502 valence electrons. The van der Waals surface area contributed by atoms with Gasteiger partial charge in [-0.15, -0.1) is 0 Å². The fraction of sp³-hybridized carbons (Fsp3) is 0. The summed E-state index contributed by atoms with van der Waals surface area (Å²) < 4.78 is 14.9. The Bertz CT molecular complexity index is 7660. The molecule has 6 nitrogen and oxygen atoms in total. The molecule has 0 saturated heterocycles. The first kappa shape index (κ1) is 60.0. The number of nitrogens with zero attached hydrogens (tertiary/aromatic N) is 6. The van der Waals surface area contributed by atoms with Crippen LogP contribution in [-0.4, -0.2) is 27.4 Å². The Morgan fingerprint density at radius 1 is 0.120 bits per heavy atom. The molecule has 6 heteroatoms. The van der Waals surface area contributed by atoms with Gasteiger partial charge >= 0.3 is 0 Å². The predicted octanol–water partition coefficient (Wildman–Crippen LogP) is 26.9. The lowest BCUT2D eigenvalue weighted by molar-refractivity contribution is 1.17. The fourth-order valence-corrected chi connectivity index (χ4v) is 18.4. The second-order valence-electron chi connectivity index (χ2n) is 28.7. The summed E-state index contributed by atoms with van der Waals surface area (Å²) in [4.78, 5) is 0. The average Bonchev–Trinajstić information content (AvgIpc) is 1.56. The van der Waals surface area contributed by atoms with Crippen molar-refractivity contribution in [3.8, 4) is 78.6 Å². The Kier molecular flexibility index (Phi) is 13.1. The third-order valence-corrected chi connectivity index (χ3v) is 22.9. The van der Waals surface area contributed by atoms with Gasteiger partial charge in [0.1, 0.15) is 0 Å². The van der Waals surface area contributed by atoms with Gasteiger partial charge in [-0.25, -0.2) is 0 Å². The molecular weight excluding hydrogens is 1310 g/mol. The van der Waals surface area contributed by atoms with Crippen LogP contribution in [0.25, 0.3) is 209 Å². The minimum Gasteiger partial charge on any atom is -0.309 e. The van der Waals surface area contributed by atoms with Gasteiger partial charge in [-0.05, 0) is 190 Å². The molecule has 17 aromatic carbocycles. The maximum absolute atomic E-state index is 2.52. The summed E-state index contributed by atoms with van der Waals surface area (Å²) in [6, 6.07) is 144. The van der Waals surface area contributed by atoms with Crippen LogP contribution in [-0.2, 0) is 0 Å². The van der Waals surface area contributed by atoms with Gasteiger partial charge in [-0.2, -0.15) is 0 Å². The van der Waals surface area contributed by atoms with Gasteiger partial charge in [0.15, 0.2) is 0 Å². The van der Waals surface area contributed by atoms with E-state index in [9.17, 15) is 0 Å². The van der Waals surface area contributed by atoms with Crippen molar-refractivity contribution < 1.29 is 0 Å². The molecule has 23 aromatic rings. The minimum absolute atomic E-state index is 1.08. The largest absolute Gasteiger partial charge is 0.309 e. The monoisotopic (exact) mass is 1370 g/mol. The van der Waals surface area contributed by atoms with Gasteiger partial charge < -0.3 is 27.4 Å². The second kappa shape index (κ2) is 23.5. The van der Waals surface area contributed by atoms with Crippen LogP contribution < -0.4 is 0 Å². The van der Waals surface area contributed by atoms with E-state index in [1.54, 1.807) is 0 Å². The normalized spacial score (nSPS) is 12.1. The van der Waals surface area contributed by atoms with Crippen LogP contribution in [0.1, 0.15) is 0 Å². The van der Waals surface area contributed by atoms with E-state index in [-0.39, 0.29) is 0 Å². The van der Waals surface area contributed by atoms with Gasteiger partial charge in [0.25, 0.3) is 0 Å². The van der Waals surface area contributed by atoms with Crippen LogP contribution in [0.2, 0.25) is 0 Å². The van der Waals surface area contributed by atoms with Crippen molar-refractivity contribution in [2.24, 2.45) is 0 Å². The van der Waals surface area contributed by atoms with Crippen LogP contribution in [0.4, 0.5) is 0 Å². The second-order valence-corrected chi connectivity index (χ2v) is 28.7. The van der Waals surface area contributed by atoms with Gasteiger partial charge in [0.2, 0.25) is 0 Å². The number of benzene rings is 17. The van der Waals surface area contributed by atoms with E-state index < -0.39 is 0 Å². The summed E-state index contributed by atoms with van der Waals surface area (Å²) >= 11 is 0. The van der Waals surface area contributed by atoms with Gasteiger partial charge in [0, 0.05) is 98.8 Å². The summed E-state index contributed by atoms with van der Waals surface area (Å²) in [7, 11) is 0. The molecule has 0 saturated carbocycles. The summed E-state index contributed by atoms with van der Waals surface area (Å²) in [5.74, 6) is 0. The highest BCUT2D eigenvalue weighted by Crippen LogP contribution is 2.48. The zero-order valence-corrected chi connectivity index (χ0v) is 58.6. The number of hydrogen-bond donors (Lipinski definition) is 0. The van der Waals surface area contributed by atoms with E-state index in [1.165, 1.54) is 109 Å². The standard InChI is InChI=1S/C102H64N6/c1-4-32-73(33-5-1)103-91-49-19-13-43-85(91)97-94(103)55-52-84-81-42-12-18-48-90(81)108(102(84)97)77-39-25-31-70(62-77)66-27-23-29-68(59-66)72-60-71(63-78(64-72)105-93-51-21-15-45-87(93)99-96(105)57-54-83-80-41-11-17-47-89(80)107(101(83)99)75-36-8-3-9-37-75)67-28-22-26-65(58-67)69-30-24-38-76(61-69)104-92-50-20-14-44-86(92)98-95(104)56-53-82-79-40-10-16-46-88(79)106(100(82)98)74-34-6-2-7-35-74/h1-64H. The zero-order valence-electron chi connectivity index (χ0n) is 58.6. The topological polar surface area (TPSA) is 29.6 Å². The highest BCUT2D eigenvalue weighted by Gasteiger charge is 2.26. The van der Waals surface area contributed by atoms with Crippen LogP contribution in [0.15, 0.2) is 388 Å². The van der Waals surface area contributed by atoms with E-state index in [2.05, 4.69) is 416 Å². The average molecular weight is 1370 g/mol. The maximum atomic E-state index is 2.52. The van der Waals surface area contributed by atoms with Crippen molar-refractivity contribution >= 4 is 131 Å². The van der Waals surface area contributed by atoms with E-state index >= 15 is 0 Å². The SMILES string of the molecule is c1ccc(-n2c3ccccc3c3c2ccc2c4ccccc4n(-c4cccc(-c5cccc(-c6cc(-c7cccc(-c8cccc(-n9c%10ccccc%10c%10c9ccc9c%11ccccc%11n(-c%11ccccc%11)c9%10)c8)c7)cc(-n7c8ccccc8c8c7ccc7c9ccccc9n(-c9ccccc9)c78)c6)c5)c4)c23)cc1. The molecule has 0 aliphatic rings. The van der Waals surface area contributed by atoms with E-state index in [4.69, 9.17) is 0 Å². The lowest BCUT2D eigenvalue weighted by atomic mass is 9.94. The summed E-state index contributed by atoms with van der Waals surface area (Å²) in [6.45, 7) is 0. The lowest BCUT2D eigenvalue weighted by Gasteiger charge is -2.16. The lowest BCUT2D eigenvalue weighted by Crippen LogP contribution is -1.97. The Hall–Kier alpha value is -14.5. The molecule has 0 radical (unpaired) electrons. The van der Waals surface area contributed by atoms with Crippen molar-refractivity contribution in [1.82, 2.24) is 27.4 Å².